The molecule has 2 amide bonds. The van der Waals surface area contributed by atoms with Gasteiger partial charge in [-0.15, -0.1) is 0 Å². The van der Waals surface area contributed by atoms with E-state index in [1.165, 1.54) is 0 Å². The SMILES string of the molecule is Cc1ccc(NC(=O)N[C@@H](C)C(C)C)c(Cl)c1. The van der Waals surface area contributed by atoms with Gasteiger partial charge in [-0.1, -0.05) is 31.5 Å². The molecule has 4 heteroatoms. The minimum absolute atomic E-state index is 0.124. The fourth-order valence-corrected chi connectivity index (χ4v) is 1.54. The van der Waals surface area contributed by atoms with Crippen molar-refractivity contribution in [1.29, 1.82) is 0 Å². The van der Waals surface area contributed by atoms with Gasteiger partial charge in [-0.25, -0.2) is 4.79 Å². The first kappa shape index (κ1) is 13.8. The van der Waals surface area contributed by atoms with Crippen LogP contribution in [0.5, 0.6) is 0 Å². The van der Waals surface area contributed by atoms with Crippen molar-refractivity contribution < 1.29 is 4.79 Å². The van der Waals surface area contributed by atoms with Crippen LogP contribution in [0, 0.1) is 12.8 Å². The molecule has 0 radical (unpaired) electrons. The lowest BCUT2D eigenvalue weighted by atomic mass is 10.1. The third-order valence-corrected chi connectivity index (χ3v) is 3.04. The largest absolute Gasteiger partial charge is 0.335 e. The lowest BCUT2D eigenvalue weighted by Gasteiger charge is -2.18. The van der Waals surface area contributed by atoms with E-state index in [1.807, 2.05) is 26.0 Å². The monoisotopic (exact) mass is 254 g/mol. The lowest BCUT2D eigenvalue weighted by molar-refractivity contribution is 0.246. The van der Waals surface area contributed by atoms with Crippen molar-refractivity contribution in [2.24, 2.45) is 5.92 Å². The molecule has 94 valence electrons. The van der Waals surface area contributed by atoms with Gasteiger partial charge in [0.15, 0.2) is 0 Å². The van der Waals surface area contributed by atoms with Crippen molar-refractivity contribution in [3.63, 3.8) is 0 Å². The van der Waals surface area contributed by atoms with E-state index < -0.39 is 0 Å². The first-order chi connectivity index (χ1) is 7.90. The van der Waals surface area contributed by atoms with Gasteiger partial charge in [0, 0.05) is 6.04 Å². The number of hydrogen-bond donors (Lipinski definition) is 2. The van der Waals surface area contributed by atoms with Crippen LogP contribution >= 0.6 is 11.6 Å². The van der Waals surface area contributed by atoms with E-state index in [9.17, 15) is 4.79 Å². The minimum Gasteiger partial charge on any atom is -0.335 e. The summed E-state index contributed by atoms with van der Waals surface area (Å²) in [6.07, 6.45) is 0. The fraction of sp³-hybridized carbons (Fsp3) is 0.462. The zero-order chi connectivity index (χ0) is 13.0. The quantitative estimate of drug-likeness (QED) is 0.846. The van der Waals surface area contributed by atoms with Gasteiger partial charge in [-0.05, 0) is 37.5 Å². The second-order valence-corrected chi connectivity index (χ2v) is 5.02. The molecule has 3 nitrogen and oxygen atoms in total. The summed E-state index contributed by atoms with van der Waals surface area (Å²) in [4.78, 5) is 11.7. The van der Waals surface area contributed by atoms with Gasteiger partial charge in [0.2, 0.25) is 0 Å². The molecule has 2 N–H and O–H groups in total. The van der Waals surface area contributed by atoms with E-state index in [4.69, 9.17) is 11.6 Å². The molecule has 0 aliphatic rings. The first-order valence-corrected chi connectivity index (χ1v) is 6.11. The zero-order valence-electron chi connectivity index (χ0n) is 10.7. The van der Waals surface area contributed by atoms with Crippen molar-refractivity contribution in [2.45, 2.75) is 33.7 Å². The molecule has 17 heavy (non-hydrogen) atoms. The van der Waals surface area contributed by atoms with E-state index >= 15 is 0 Å². The molecule has 0 aromatic heterocycles. The molecule has 1 aromatic rings. The summed E-state index contributed by atoms with van der Waals surface area (Å²) >= 11 is 6.03. The Morgan fingerprint density at radius 1 is 1.29 bits per heavy atom. The summed E-state index contributed by atoms with van der Waals surface area (Å²) < 4.78 is 0. The second-order valence-electron chi connectivity index (χ2n) is 4.61. The molecule has 1 atom stereocenters. The minimum atomic E-state index is -0.225. The van der Waals surface area contributed by atoms with Gasteiger partial charge in [-0.3, -0.25) is 0 Å². The number of hydrogen-bond acceptors (Lipinski definition) is 1. The number of urea groups is 1. The van der Waals surface area contributed by atoms with E-state index in [2.05, 4.69) is 24.5 Å². The molecule has 0 aliphatic carbocycles. The Morgan fingerprint density at radius 2 is 1.94 bits per heavy atom. The number of amides is 2. The summed E-state index contributed by atoms with van der Waals surface area (Å²) in [5.41, 5.74) is 1.70. The normalized spacial score (nSPS) is 12.4. The van der Waals surface area contributed by atoms with E-state index in [0.717, 1.165) is 5.56 Å². The Morgan fingerprint density at radius 3 is 2.47 bits per heavy atom. The van der Waals surface area contributed by atoms with Crippen LogP contribution in [0.1, 0.15) is 26.3 Å². The Balaban J connectivity index is 2.62. The molecule has 0 bridgehead atoms. The third-order valence-electron chi connectivity index (χ3n) is 2.73. The van der Waals surface area contributed by atoms with Crippen molar-refractivity contribution in [3.8, 4) is 0 Å². The van der Waals surface area contributed by atoms with Gasteiger partial charge in [-0.2, -0.15) is 0 Å². The van der Waals surface area contributed by atoms with Crippen LogP contribution in [0.3, 0.4) is 0 Å². The summed E-state index contributed by atoms with van der Waals surface area (Å²) in [6, 6.07) is 5.43. The maximum atomic E-state index is 11.7. The number of anilines is 1. The van der Waals surface area contributed by atoms with Crippen LogP contribution in [0.25, 0.3) is 0 Å². The first-order valence-electron chi connectivity index (χ1n) is 5.74. The number of carbonyl (C=O) groups excluding carboxylic acids is 1. The molecule has 0 saturated heterocycles. The molecular weight excluding hydrogens is 236 g/mol. The van der Waals surface area contributed by atoms with Gasteiger partial charge in [0.05, 0.1) is 10.7 Å². The van der Waals surface area contributed by atoms with Gasteiger partial charge in [0.1, 0.15) is 0 Å². The molecule has 0 fully saturated rings. The number of halogens is 1. The van der Waals surface area contributed by atoms with Gasteiger partial charge in [0.25, 0.3) is 0 Å². The fourth-order valence-electron chi connectivity index (χ4n) is 1.25. The molecule has 1 rings (SSSR count). The highest BCUT2D eigenvalue weighted by Crippen LogP contribution is 2.22. The Kier molecular flexibility index (Phi) is 4.82. The van der Waals surface area contributed by atoms with Crippen molar-refractivity contribution in [2.75, 3.05) is 5.32 Å². The highest BCUT2D eigenvalue weighted by atomic mass is 35.5. The van der Waals surface area contributed by atoms with Crippen LogP contribution < -0.4 is 10.6 Å². The predicted octanol–water partition coefficient (Wildman–Crippen LogP) is 3.81. The number of benzene rings is 1. The van der Waals surface area contributed by atoms with Crippen LogP contribution in [0.2, 0.25) is 5.02 Å². The number of aryl methyl sites for hydroxylation is 1. The predicted molar refractivity (Wildman–Crippen MR) is 72.6 cm³/mol. The van der Waals surface area contributed by atoms with Crippen molar-refractivity contribution in [3.05, 3.63) is 28.8 Å². The van der Waals surface area contributed by atoms with Crippen molar-refractivity contribution >= 4 is 23.3 Å². The molecular formula is C13H19ClN2O. The van der Waals surface area contributed by atoms with Crippen LogP contribution in [0.15, 0.2) is 18.2 Å². The number of rotatable bonds is 3. The molecule has 0 saturated carbocycles. The second kappa shape index (κ2) is 5.92. The Bertz CT molecular complexity index is 404. The summed E-state index contributed by atoms with van der Waals surface area (Å²) in [7, 11) is 0. The molecule has 1 aromatic carbocycles. The molecule has 0 spiro atoms. The highest BCUT2D eigenvalue weighted by molar-refractivity contribution is 6.33. The van der Waals surface area contributed by atoms with Crippen LogP contribution in [-0.4, -0.2) is 12.1 Å². The number of carbonyl (C=O) groups is 1. The molecule has 0 heterocycles. The average Bonchev–Trinajstić information content (AvgIpc) is 2.22. The third kappa shape index (κ3) is 4.27. The van der Waals surface area contributed by atoms with Crippen LogP contribution in [0.4, 0.5) is 10.5 Å². The standard InChI is InChI=1S/C13H19ClN2O/c1-8(2)10(4)15-13(17)16-12-6-5-9(3)7-11(12)14/h5-8,10H,1-4H3,(H2,15,16,17)/t10-/m0/s1. The maximum absolute atomic E-state index is 11.7. The zero-order valence-corrected chi connectivity index (χ0v) is 11.4. The number of nitrogens with one attached hydrogen (secondary N) is 2. The molecule has 0 aliphatic heterocycles. The van der Waals surface area contributed by atoms with E-state index in [0.29, 0.717) is 16.6 Å². The van der Waals surface area contributed by atoms with Gasteiger partial charge >= 0.3 is 6.03 Å². The van der Waals surface area contributed by atoms with E-state index in [-0.39, 0.29) is 12.1 Å². The highest BCUT2D eigenvalue weighted by Gasteiger charge is 2.11. The summed E-state index contributed by atoms with van der Waals surface area (Å²) in [5.74, 6) is 0.397. The lowest BCUT2D eigenvalue weighted by Crippen LogP contribution is -2.39. The summed E-state index contributed by atoms with van der Waals surface area (Å²) in [5, 5.41) is 6.16. The topological polar surface area (TPSA) is 41.1 Å². The maximum Gasteiger partial charge on any atom is 0.319 e. The van der Waals surface area contributed by atoms with Gasteiger partial charge < -0.3 is 10.6 Å². The average molecular weight is 255 g/mol. The Hall–Kier alpha value is -1.22. The Labute approximate surface area is 108 Å². The summed E-state index contributed by atoms with van der Waals surface area (Å²) in [6.45, 7) is 8.05. The molecule has 0 unspecified atom stereocenters. The van der Waals surface area contributed by atoms with E-state index in [1.54, 1.807) is 6.07 Å². The van der Waals surface area contributed by atoms with Crippen molar-refractivity contribution in [1.82, 2.24) is 5.32 Å². The van der Waals surface area contributed by atoms with Crippen LogP contribution in [-0.2, 0) is 0 Å². The smallest absolute Gasteiger partial charge is 0.319 e.